The standard InChI is InChI=1S/C23H28ClFN2O2S/c1-16(22(29)26-23(2,3)4)27(13-17-9-11-19(24)12-10-17)21(28)15-30-14-18-7-5-6-8-20(18)25/h5-12,16H,13-15H2,1-4H3,(H,26,29). The summed E-state index contributed by atoms with van der Waals surface area (Å²) in [5, 5.41) is 3.54. The summed E-state index contributed by atoms with van der Waals surface area (Å²) in [5.41, 5.74) is 1.03. The van der Waals surface area contributed by atoms with Crippen molar-refractivity contribution in [3.05, 3.63) is 70.5 Å². The van der Waals surface area contributed by atoms with Gasteiger partial charge in [-0.3, -0.25) is 9.59 Å². The van der Waals surface area contributed by atoms with Gasteiger partial charge in [-0.1, -0.05) is 41.9 Å². The van der Waals surface area contributed by atoms with Gasteiger partial charge in [0.05, 0.1) is 5.75 Å². The van der Waals surface area contributed by atoms with Gasteiger partial charge in [-0.15, -0.1) is 11.8 Å². The number of rotatable bonds is 8. The number of amides is 2. The zero-order valence-corrected chi connectivity index (χ0v) is 19.3. The predicted octanol–water partition coefficient (Wildman–Crippen LogP) is 5.04. The van der Waals surface area contributed by atoms with Gasteiger partial charge in [0.1, 0.15) is 11.9 Å². The third kappa shape index (κ3) is 7.65. The molecule has 2 rings (SSSR count). The van der Waals surface area contributed by atoms with E-state index in [-0.39, 0.29) is 29.9 Å². The lowest BCUT2D eigenvalue weighted by molar-refractivity contribution is -0.139. The summed E-state index contributed by atoms with van der Waals surface area (Å²) in [4.78, 5) is 27.3. The van der Waals surface area contributed by atoms with Gasteiger partial charge in [0, 0.05) is 22.9 Å². The van der Waals surface area contributed by atoms with Crippen molar-refractivity contribution in [3.8, 4) is 0 Å². The molecular formula is C23H28ClFN2O2S. The van der Waals surface area contributed by atoms with Crippen molar-refractivity contribution >= 4 is 35.2 Å². The highest BCUT2D eigenvalue weighted by atomic mass is 35.5. The number of carbonyl (C=O) groups excluding carboxylic acids is 2. The van der Waals surface area contributed by atoms with Crippen molar-refractivity contribution in [1.29, 1.82) is 0 Å². The lowest BCUT2D eigenvalue weighted by atomic mass is 10.1. The number of nitrogens with zero attached hydrogens (tertiary/aromatic N) is 1. The van der Waals surface area contributed by atoms with E-state index in [0.717, 1.165) is 5.56 Å². The quantitative estimate of drug-likeness (QED) is 0.612. The topological polar surface area (TPSA) is 49.4 Å². The molecule has 0 saturated heterocycles. The molecule has 1 N–H and O–H groups in total. The van der Waals surface area contributed by atoms with E-state index < -0.39 is 11.6 Å². The van der Waals surface area contributed by atoms with E-state index >= 15 is 0 Å². The minimum Gasteiger partial charge on any atom is -0.350 e. The highest BCUT2D eigenvalue weighted by Crippen LogP contribution is 2.19. The first-order chi connectivity index (χ1) is 14.1. The molecular weight excluding hydrogens is 423 g/mol. The van der Waals surface area contributed by atoms with Gasteiger partial charge in [-0.05, 0) is 57.0 Å². The molecule has 0 aliphatic rings. The Balaban J connectivity index is 2.10. The van der Waals surface area contributed by atoms with Crippen LogP contribution in [0.2, 0.25) is 5.02 Å². The third-order valence-electron chi connectivity index (χ3n) is 4.37. The Kier molecular flexibility index (Phi) is 8.74. The van der Waals surface area contributed by atoms with Crippen LogP contribution >= 0.6 is 23.4 Å². The van der Waals surface area contributed by atoms with E-state index in [1.54, 1.807) is 42.2 Å². The maximum Gasteiger partial charge on any atom is 0.242 e. The molecule has 1 atom stereocenters. The summed E-state index contributed by atoms with van der Waals surface area (Å²) in [5.74, 6) is -0.148. The normalized spacial score (nSPS) is 12.3. The van der Waals surface area contributed by atoms with Crippen molar-refractivity contribution < 1.29 is 14.0 Å². The van der Waals surface area contributed by atoms with Crippen LogP contribution in [0.5, 0.6) is 0 Å². The first-order valence-electron chi connectivity index (χ1n) is 9.74. The van der Waals surface area contributed by atoms with Crippen molar-refractivity contribution in [3.63, 3.8) is 0 Å². The van der Waals surface area contributed by atoms with Gasteiger partial charge in [0.25, 0.3) is 0 Å². The molecule has 30 heavy (non-hydrogen) atoms. The number of thioether (sulfide) groups is 1. The molecule has 0 aliphatic carbocycles. The summed E-state index contributed by atoms with van der Waals surface area (Å²) in [6.45, 7) is 7.69. The summed E-state index contributed by atoms with van der Waals surface area (Å²) < 4.78 is 13.8. The number of hydrogen-bond acceptors (Lipinski definition) is 3. The molecule has 2 aromatic carbocycles. The van der Waals surface area contributed by atoms with Crippen LogP contribution in [0.1, 0.15) is 38.8 Å². The van der Waals surface area contributed by atoms with Crippen LogP contribution in [0.3, 0.4) is 0 Å². The molecule has 7 heteroatoms. The van der Waals surface area contributed by atoms with Crippen LogP contribution in [-0.2, 0) is 21.9 Å². The maximum atomic E-state index is 13.8. The average molecular weight is 451 g/mol. The van der Waals surface area contributed by atoms with E-state index in [4.69, 9.17) is 11.6 Å². The van der Waals surface area contributed by atoms with Crippen LogP contribution < -0.4 is 5.32 Å². The van der Waals surface area contributed by atoms with Gasteiger partial charge in [-0.2, -0.15) is 0 Å². The molecule has 1 unspecified atom stereocenters. The highest BCUT2D eigenvalue weighted by Gasteiger charge is 2.28. The number of hydrogen-bond donors (Lipinski definition) is 1. The smallest absolute Gasteiger partial charge is 0.242 e. The van der Waals surface area contributed by atoms with E-state index in [0.29, 0.717) is 16.3 Å². The van der Waals surface area contributed by atoms with Crippen LogP contribution in [0.4, 0.5) is 4.39 Å². The average Bonchev–Trinajstić information content (AvgIpc) is 2.67. The Labute approximate surface area is 187 Å². The predicted molar refractivity (Wildman–Crippen MR) is 122 cm³/mol. The van der Waals surface area contributed by atoms with Gasteiger partial charge >= 0.3 is 0 Å². The Hall–Kier alpha value is -2.05. The summed E-state index contributed by atoms with van der Waals surface area (Å²) in [6, 6.07) is 13.1. The second-order valence-corrected chi connectivity index (χ2v) is 9.57. The van der Waals surface area contributed by atoms with Crippen LogP contribution in [0.25, 0.3) is 0 Å². The Bertz CT molecular complexity index is 868. The van der Waals surface area contributed by atoms with Gasteiger partial charge in [0.2, 0.25) is 11.8 Å². The fourth-order valence-electron chi connectivity index (χ4n) is 2.79. The molecule has 0 heterocycles. The second kappa shape index (κ2) is 10.8. The van der Waals surface area contributed by atoms with E-state index in [2.05, 4.69) is 5.32 Å². The highest BCUT2D eigenvalue weighted by molar-refractivity contribution is 7.99. The van der Waals surface area contributed by atoms with E-state index in [9.17, 15) is 14.0 Å². The molecule has 4 nitrogen and oxygen atoms in total. The van der Waals surface area contributed by atoms with E-state index in [1.807, 2.05) is 32.9 Å². The summed E-state index contributed by atoms with van der Waals surface area (Å²) in [7, 11) is 0. The largest absolute Gasteiger partial charge is 0.350 e. The Morgan fingerprint density at radius 2 is 1.77 bits per heavy atom. The molecule has 0 aliphatic heterocycles. The molecule has 2 amide bonds. The van der Waals surface area contributed by atoms with Gasteiger partial charge in [0.15, 0.2) is 0 Å². The maximum absolute atomic E-state index is 13.8. The molecule has 2 aromatic rings. The molecule has 0 fully saturated rings. The van der Waals surface area contributed by atoms with Gasteiger partial charge < -0.3 is 10.2 Å². The SMILES string of the molecule is CC(C(=O)NC(C)(C)C)N(Cc1ccc(Cl)cc1)C(=O)CSCc1ccccc1F. The van der Waals surface area contributed by atoms with Crippen LogP contribution in [-0.4, -0.2) is 34.0 Å². The first-order valence-corrected chi connectivity index (χ1v) is 11.3. The molecule has 162 valence electrons. The number of carbonyl (C=O) groups is 2. The van der Waals surface area contributed by atoms with Crippen molar-refractivity contribution in [2.24, 2.45) is 0 Å². The molecule has 0 radical (unpaired) electrons. The van der Waals surface area contributed by atoms with Crippen LogP contribution in [0.15, 0.2) is 48.5 Å². The zero-order chi connectivity index (χ0) is 22.3. The Morgan fingerprint density at radius 3 is 2.37 bits per heavy atom. The lowest BCUT2D eigenvalue weighted by Crippen LogP contribution is -2.52. The fraction of sp³-hybridized carbons (Fsp3) is 0.391. The summed E-state index contributed by atoms with van der Waals surface area (Å²) >= 11 is 7.29. The van der Waals surface area contributed by atoms with Crippen molar-refractivity contribution in [2.45, 2.75) is 51.6 Å². The number of benzene rings is 2. The Morgan fingerprint density at radius 1 is 1.13 bits per heavy atom. The summed E-state index contributed by atoms with van der Waals surface area (Å²) in [6.07, 6.45) is 0. The minimum atomic E-state index is -0.651. The van der Waals surface area contributed by atoms with Crippen LogP contribution in [0, 0.1) is 5.82 Å². The lowest BCUT2D eigenvalue weighted by Gasteiger charge is -2.31. The van der Waals surface area contributed by atoms with E-state index in [1.165, 1.54) is 17.8 Å². The third-order valence-corrected chi connectivity index (χ3v) is 5.59. The van der Waals surface area contributed by atoms with Crippen molar-refractivity contribution in [2.75, 3.05) is 5.75 Å². The molecule has 0 spiro atoms. The second-order valence-electron chi connectivity index (χ2n) is 8.15. The number of nitrogens with one attached hydrogen (secondary N) is 1. The zero-order valence-electron chi connectivity index (χ0n) is 17.7. The molecule has 0 aromatic heterocycles. The molecule has 0 saturated carbocycles. The number of halogens is 2. The van der Waals surface area contributed by atoms with Gasteiger partial charge in [-0.25, -0.2) is 4.39 Å². The molecule has 0 bridgehead atoms. The minimum absolute atomic E-state index is 0.148. The first kappa shape index (κ1) is 24.2. The monoisotopic (exact) mass is 450 g/mol. The fourth-order valence-corrected chi connectivity index (χ4v) is 3.81. The van der Waals surface area contributed by atoms with Crippen molar-refractivity contribution in [1.82, 2.24) is 10.2 Å².